The first kappa shape index (κ1) is 22.3. The summed E-state index contributed by atoms with van der Waals surface area (Å²) in [5.41, 5.74) is 0.622. The van der Waals surface area contributed by atoms with Gasteiger partial charge in [0.05, 0.1) is 8.80 Å². The SMILES string of the molecule is CCCCN(CC[Si](C)(OCC)OC(C)[SiH](C)C)C(C)(C)C. The zero-order valence-corrected chi connectivity index (χ0v) is 18.8. The third-order valence-corrected chi connectivity index (χ3v) is 9.58. The molecule has 0 aliphatic heterocycles. The molecule has 0 fully saturated rings. The predicted molar refractivity (Wildman–Crippen MR) is 104 cm³/mol. The molecule has 0 aromatic rings. The van der Waals surface area contributed by atoms with Crippen LogP contribution < -0.4 is 0 Å². The summed E-state index contributed by atoms with van der Waals surface area (Å²) in [6.07, 6.45) is 2.51. The summed E-state index contributed by atoms with van der Waals surface area (Å²) in [4.78, 5) is 2.60. The van der Waals surface area contributed by atoms with Crippen LogP contribution in [-0.4, -0.2) is 53.2 Å². The third kappa shape index (κ3) is 8.82. The van der Waals surface area contributed by atoms with Gasteiger partial charge in [-0.1, -0.05) is 26.4 Å². The second-order valence-corrected chi connectivity index (χ2v) is 14.6. The summed E-state index contributed by atoms with van der Waals surface area (Å²) < 4.78 is 12.6. The van der Waals surface area contributed by atoms with Gasteiger partial charge in [0, 0.05) is 30.5 Å². The molecule has 2 atom stereocenters. The minimum absolute atomic E-state index is 0.217. The molecular formula is C17H41NO2Si2. The molecule has 134 valence electrons. The standard InChI is InChI=1S/C17H41NO2Si2/c1-10-12-13-18(17(4,5)6)14-15-22(9,19-11-2)20-16(3)21(7)8/h16,21H,10-15H2,1-9H3. The Labute approximate surface area is 142 Å². The lowest BCUT2D eigenvalue weighted by Gasteiger charge is -2.38. The van der Waals surface area contributed by atoms with E-state index in [9.17, 15) is 0 Å². The molecule has 22 heavy (non-hydrogen) atoms. The van der Waals surface area contributed by atoms with E-state index in [1.165, 1.54) is 19.4 Å². The van der Waals surface area contributed by atoms with Gasteiger partial charge in [0.15, 0.2) is 0 Å². The van der Waals surface area contributed by atoms with Gasteiger partial charge in [-0.25, -0.2) is 0 Å². The highest BCUT2D eigenvalue weighted by Gasteiger charge is 2.35. The molecular weight excluding hydrogens is 306 g/mol. The van der Waals surface area contributed by atoms with Crippen molar-refractivity contribution in [2.45, 2.75) is 91.3 Å². The molecule has 0 aliphatic carbocycles. The molecule has 0 heterocycles. The average molecular weight is 348 g/mol. The Balaban J connectivity index is 4.76. The molecule has 0 radical (unpaired) electrons. The van der Waals surface area contributed by atoms with Gasteiger partial charge >= 0.3 is 8.56 Å². The maximum atomic E-state index is 6.46. The Hall–Kier alpha value is 0.314. The third-order valence-electron chi connectivity index (χ3n) is 4.39. The van der Waals surface area contributed by atoms with Crippen molar-refractivity contribution in [3.63, 3.8) is 0 Å². The van der Waals surface area contributed by atoms with Crippen molar-refractivity contribution in [3.8, 4) is 0 Å². The van der Waals surface area contributed by atoms with Gasteiger partial charge in [0.2, 0.25) is 0 Å². The van der Waals surface area contributed by atoms with E-state index in [1.54, 1.807) is 0 Å². The number of hydrogen-bond acceptors (Lipinski definition) is 3. The van der Waals surface area contributed by atoms with Crippen LogP contribution in [0.3, 0.4) is 0 Å². The van der Waals surface area contributed by atoms with Crippen molar-refractivity contribution < 1.29 is 8.85 Å². The lowest BCUT2D eigenvalue weighted by atomic mass is 10.1. The van der Waals surface area contributed by atoms with Crippen LogP contribution >= 0.6 is 0 Å². The summed E-state index contributed by atoms with van der Waals surface area (Å²) in [6.45, 7) is 23.5. The number of nitrogens with zero attached hydrogens (tertiary/aromatic N) is 1. The van der Waals surface area contributed by atoms with Crippen LogP contribution in [0, 0.1) is 0 Å². The second kappa shape index (κ2) is 10.2. The fourth-order valence-corrected chi connectivity index (χ4v) is 6.83. The zero-order chi connectivity index (χ0) is 17.4. The number of rotatable bonds is 11. The maximum absolute atomic E-state index is 6.46. The van der Waals surface area contributed by atoms with E-state index in [0.29, 0.717) is 5.73 Å². The topological polar surface area (TPSA) is 21.7 Å². The van der Waals surface area contributed by atoms with Crippen molar-refractivity contribution in [1.29, 1.82) is 0 Å². The van der Waals surface area contributed by atoms with E-state index >= 15 is 0 Å². The van der Waals surface area contributed by atoms with Gasteiger partial charge in [0.25, 0.3) is 0 Å². The van der Waals surface area contributed by atoms with E-state index in [2.05, 4.69) is 66.1 Å². The maximum Gasteiger partial charge on any atom is 0.336 e. The van der Waals surface area contributed by atoms with Crippen LogP contribution in [0.5, 0.6) is 0 Å². The molecule has 0 amide bonds. The quantitative estimate of drug-likeness (QED) is 0.516. The smallest absolute Gasteiger partial charge is 0.336 e. The van der Waals surface area contributed by atoms with Crippen molar-refractivity contribution >= 4 is 17.4 Å². The first-order valence-corrected chi connectivity index (χ1v) is 14.6. The number of unbranched alkanes of at least 4 members (excludes halogenated alkanes) is 1. The molecule has 0 aliphatic rings. The van der Waals surface area contributed by atoms with Crippen LogP contribution in [0.25, 0.3) is 0 Å². The summed E-state index contributed by atoms with van der Waals surface area (Å²) >= 11 is 0. The van der Waals surface area contributed by atoms with Gasteiger partial charge in [-0.05, 0) is 54.1 Å². The monoisotopic (exact) mass is 347 g/mol. The summed E-state index contributed by atoms with van der Waals surface area (Å²) in [5, 5.41) is 0. The Morgan fingerprint density at radius 1 is 1.14 bits per heavy atom. The Morgan fingerprint density at radius 3 is 2.14 bits per heavy atom. The number of hydrogen-bond donors (Lipinski definition) is 0. The van der Waals surface area contributed by atoms with Gasteiger partial charge in [-0.2, -0.15) is 0 Å². The van der Waals surface area contributed by atoms with Crippen LogP contribution in [-0.2, 0) is 8.85 Å². The van der Waals surface area contributed by atoms with E-state index in [-0.39, 0.29) is 5.54 Å². The lowest BCUT2D eigenvalue weighted by Crippen LogP contribution is -2.49. The van der Waals surface area contributed by atoms with Crippen LogP contribution in [0.4, 0.5) is 0 Å². The minimum atomic E-state index is -2.06. The van der Waals surface area contributed by atoms with Gasteiger partial charge in [-0.15, -0.1) is 0 Å². The fraction of sp³-hybridized carbons (Fsp3) is 1.00. The molecule has 0 saturated carbocycles. The van der Waals surface area contributed by atoms with Crippen LogP contribution in [0.2, 0.25) is 25.7 Å². The molecule has 0 spiro atoms. The normalized spacial score (nSPS) is 17.0. The Kier molecular flexibility index (Phi) is 10.4. The largest absolute Gasteiger partial charge is 0.395 e. The molecule has 5 heteroatoms. The van der Waals surface area contributed by atoms with Crippen molar-refractivity contribution in [1.82, 2.24) is 4.90 Å². The van der Waals surface area contributed by atoms with E-state index in [4.69, 9.17) is 8.85 Å². The van der Waals surface area contributed by atoms with Crippen molar-refractivity contribution in [3.05, 3.63) is 0 Å². The predicted octanol–water partition coefficient (Wildman–Crippen LogP) is 4.43. The molecule has 3 nitrogen and oxygen atoms in total. The lowest BCUT2D eigenvalue weighted by molar-refractivity contribution is 0.125. The molecule has 0 N–H and O–H groups in total. The average Bonchev–Trinajstić information content (AvgIpc) is 2.37. The van der Waals surface area contributed by atoms with E-state index in [0.717, 1.165) is 19.2 Å². The van der Waals surface area contributed by atoms with Crippen LogP contribution in [0.15, 0.2) is 0 Å². The highest BCUT2D eigenvalue weighted by molar-refractivity contribution is 6.67. The zero-order valence-electron chi connectivity index (χ0n) is 16.7. The summed E-state index contributed by atoms with van der Waals surface area (Å²) in [6, 6.07) is 1.06. The van der Waals surface area contributed by atoms with Gasteiger partial charge < -0.3 is 8.85 Å². The van der Waals surface area contributed by atoms with Gasteiger partial charge in [0.1, 0.15) is 0 Å². The molecule has 0 aromatic carbocycles. The first-order valence-electron chi connectivity index (χ1n) is 9.12. The first-order chi connectivity index (χ1) is 10.1. The van der Waals surface area contributed by atoms with E-state index in [1.807, 2.05) is 0 Å². The van der Waals surface area contributed by atoms with Crippen LogP contribution in [0.1, 0.15) is 54.4 Å². The second-order valence-electron chi connectivity index (χ2n) is 7.90. The summed E-state index contributed by atoms with van der Waals surface area (Å²) in [7, 11) is -2.84. The van der Waals surface area contributed by atoms with Crippen molar-refractivity contribution in [2.24, 2.45) is 0 Å². The highest BCUT2D eigenvalue weighted by Crippen LogP contribution is 2.21. The highest BCUT2D eigenvalue weighted by atomic mass is 28.4. The van der Waals surface area contributed by atoms with Crippen molar-refractivity contribution in [2.75, 3.05) is 19.7 Å². The Bertz CT molecular complexity index is 295. The molecule has 0 bridgehead atoms. The van der Waals surface area contributed by atoms with E-state index < -0.39 is 17.4 Å². The fourth-order valence-electron chi connectivity index (χ4n) is 2.47. The molecule has 0 saturated heterocycles. The van der Waals surface area contributed by atoms with Gasteiger partial charge in [-0.3, -0.25) is 4.90 Å². The molecule has 0 aromatic heterocycles. The minimum Gasteiger partial charge on any atom is -0.395 e. The Morgan fingerprint density at radius 2 is 1.73 bits per heavy atom. The molecule has 0 rings (SSSR count). The summed E-state index contributed by atoms with van der Waals surface area (Å²) in [5.74, 6) is 0. The molecule has 2 unspecified atom stereocenters.